The van der Waals surface area contributed by atoms with E-state index in [1.165, 1.54) is 22.2 Å². The van der Waals surface area contributed by atoms with Gasteiger partial charge in [0.05, 0.1) is 11.2 Å². The molecule has 102 valence electrons. The van der Waals surface area contributed by atoms with Crippen LogP contribution in [0.25, 0.3) is 10.9 Å². The van der Waals surface area contributed by atoms with Gasteiger partial charge in [0.25, 0.3) is 0 Å². The maximum absolute atomic E-state index is 4.11. The minimum Gasteiger partial charge on any atom is -0.281 e. The predicted octanol–water partition coefficient (Wildman–Crippen LogP) is 4.02. The number of aryl methyl sites for hydroxylation is 1. The summed E-state index contributed by atoms with van der Waals surface area (Å²) in [5.41, 5.74) is 3.72. The van der Waals surface area contributed by atoms with Crippen LogP contribution in [0.1, 0.15) is 18.9 Å². The zero-order valence-corrected chi connectivity index (χ0v) is 12.0. The average molecular weight is 265 g/mol. The molecule has 20 heavy (non-hydrogen) atoms. The highest BCUT2D eigenvalue weighted by molar-refractivity contribution is 5.84. The molecule has 0 unspecified atom stereocenters. The van der Waals surface area contributed by atoms with Gasteiger partial charge in [0.15, 0.2) is 0 Å². The monoisotopic (exact) mass is 265 g/mol. The maximum atomic E-state index is 4.11. The Morgan fingerprint density at radius 1 is 1.10 bits per heavy atom. The Morgan fingerprint density at radius 2 is 1.85 bits per heavy atom. The first-order chi connectivity index (χ1) is 9.81. The van der Waals surface area contributed by atoms with Crippen molar-refractivity contribution >= 4 is 16.6 Å². The van der Waals surface area contributed by atoms with Crippen LogP contribution in [0.2, 0.25) is 0 Å². The molecule has 3 aromatic rings. The summed E-state index contributed by atoms with van der Waals surface area (Å²) in [5.74, 6) is 0. The first-order valence-corrected chi connectivity index (χ1v) is 7.06. The second-order valence-corrected chi connectivity index (χ2v) is 5.00. The van der Waals surface area contributed by atoms with Crippen molar-refractivity contribution in [2.45, 2.75) is 20.3 Å². The van der Waals surface area contributed by atoms with Crippen molar-refractivity contribution in [2.24, 2.45) is 0 Å². The van der Waals surface area contributed by atoms with Crippen LogP contribution in [-0.4, -0.2) is 16.2 Å². The van der Waals surface area contributed by atoms with Gasteiger partial charge in [0.1, 0.15) is 0 Å². The molecule has 0 aliphatic heterocycles. The minimum absolute atomic E-state index is 0.974. The number of benzene rings is 1. The van der Waals surface area contributed by atoms with Crippen LogP contribution >= 0.6 is 0 Å². The first-order valence-electron chi connectivity index (χ1n) is 7.06. The summed E-state index contributed by atoms with van der Waals surface area (Å²) in [5, 5.41) is 3.61. The standard InChI is InChI=1S/C17H19N3/c1-3-12-19(15-8-10-18-11-9-15)20-13-14(2)16-6-4-5-7-17(16)20/h4-11,13H,3,12H2,1-2H3. The second kappa shape index (κ2) is 5.37. The molecule has 0 fully saturated rings. The fourth-order valence-electron chi connectivity index (χ4n) is 2.62. The van der Waals surface area contributed by atoms with E-state index >= 15 is 0 Å². The summed E-state index contributed by atoms with van der Waals surface area (Å²) in [6.07, 6.45) is 6.99. The molecule has 0 spiro atoms. The van der Waals surface area contributed by atoms with Gasteiger partial charge in [-0.1, -0.05) is 25.1 Å². The lowest BCUT2D eigenvalue weighted by Crippen LogP contribution is -2.29. The van der Waals surface area contributed by atoms with Crippen LogP contribution in [0, 0.1) is 6.92 Å². The minimum atomic E-state index is 0.974. The van der Waals surface area contributed by atoms with Gasteiger partial charge in [0.2, 0.25) is 0 Å². The topological polar surface area (TPSA) is 21.1 Å². The molecule has 0 amide bonds. The van der Waals surface area contributed by atoms with E-state index in [9.17, 15) is 0 Å². The summed E-state index contributed by atoms with van der Waals surface area (Å²) < 4.78 is 2.25. The quantitative estimate of drug-likeness (QED) is 0.710. The van der Waals surface area contributed by atoms with Gasteiger partial charge in [-0.2, -0.15) is 0 Å². The number of para-hydroxylation sites is 1. The molecule has 3 rings (SSSR count). The predicted molar refractivity (Wildman–Crippen MR) is 83.9 cm³/mol. The Bertz CT molecular complexity index is 701. The fourth-order valence-corrected chi connectivity index (χ4v) is 2.62. The van der Waals surface area contributed by atoms with Crippen LogP contribution in [0.3, 0.4) is 0 Å². The van der Waals surface area contributed by atoms with Crippen LogP contribution in [-0.2, 0) is 0 Å². The molecule has 0 aliphatic carbocycles. The van der Waals surface area contributed by atoms with Crippen LogP contribution < -0.4 is 5.01 Å². The molecule has 0 saturated heterocycles. The lowest BCUT2D eigenvalue weighted by atomic mass is 10.2. The Hall–Kier alpha value is -2.29. The van der Waals surface area contributed by atoms with Crippen LogP contribution in [0.15, 0.2) is 55.0 Å². The zero-order chi connectivity index (χ0) is 13.9. The molecule has 1 aromatic carbocycles. The molecule has 2 heterocycles. The van der Waals surface area contributed by atoms with Crippen molar-refractivity contribution in [2.75, 3.05) is 11.6 Å². The zero-order valence-electron chi connectivity index (χ0n) is 12.0. The summed E-state index contributed by atoms with van der Waals surface area (Å²) >= 11 is 0. The Labute approximate surface area is 119 Å². The van der Waals surface area contributed by atoms with Gasteiger partial charge in [-0.15, -0.1) is 0 Å². The molecular weight excluding hydrogens is 246 g/mol. The van der Waals surface area contributed by atoms with E-state index in [-0.39, 0.29) is 0 Å². The molecule has 0 atom stereocenters. The number of hydrogen-bond donors (Lipinski definition) is 0. The van der Waals surface area contributed by atoms with E-state index in [1.54, 1.807) is 0 Å². The number of aromatic nitrogens is 2. The molecule has 0 saturated carbocycles. The van der Waals surface area contributed by atoms with Crippen molar-refractivity contribution < 1.29 is 0 Å². The highest BCUT2D eigenvalue weighted by Crippen LogP contribution is 2.24. The number of fused-ring (bicyclic) bond motifs is 1. The van der Waals surface area contributed by atoms with Crippen molar-refractivity contribution in [1.29, 1.82) is 0 Å². The van der Waals surface area contributed by atoms with E-state index in [2.05, 4.69) is 71.1 Å². The fraction of sp³-hybridized carbons (Fsp3) is 0.235. The third-order valence-electron chi connectivity index (χ3n) is 3.55. The molecule has 2 aromatic heterocycles. The Kier molecular flexibility index (Phi) is 3.42. The summed E-state index contributed by atoms with van der Waals surface area (Å²) in [7, 11) is 0. The van der Waals surface area contributed by atoms with Gasteiger partial charge in [-0.3, -0.25) is 14.7 Å². The molecule has 0 bridgehead atoms. The molecule has 0 aliphatic rings. The summed E-state index contributed by atoms with van der Waals surface area (Å²) in [6, 6.07) is 12.6. The highest BCUT2D eigenvalue weighted by atomic mass is 15.5. The van der Waals surface area contributed by atoms with Gasteiger partial charge in [-0.05, 0) is 37.1 Å². The van der Waals surface area contributed by atoms with Crippen LogP contribution in [0.5, 0.6) is 0 Å². The average Bonchev–Trinajstić information content (AvgIpc) is 2.83. The van der Waals surface area contributed by atoms with Crippen molar-refractivity contribution in [3.05, 3.63) is 60.6 Å². The van der Waals surface area contributed by atoms with Gasteiger partial charge in [0, 0.05) is 30.5 Å². The molecule has 3 nitrogen and oxygen atoms in total. The number of nitrogens with zero attached hydrogens (tertiary/aromatic N) is 3. The van der Waals surface area contributed by atoms with Gasteiger partial charge < -0.3 is 0 Å². The molecule has 0 N–H and O–H groups in total. The molecule has 0 radical (unpaired) electrons. The normalized spacial score (nSPS) is 10.9. The molecule has 3 heteroatoms. The summed E-state index contributed by atoms with van der Waals surface area (Å²) in [6.45, 7) is 5.34. The number of anilines is 1. The lowest BCUT2D eigenvalue weighted by Gasteiger charge is -2.26. The number of pyridine rings is 1. The SMILES string of the molecule is CCCN(c1ccncc1)n1cc(C)c2ccccc21. The first kappa shape index (κ1) is 12.7. The number of hydrogen-bond acceptors (Lipinski definition) is 2. The van der Waals surface area contributed by atoms with Crippen molar-refractivity contribution in [3.63, 3.8) is 0 Å². The highest BCUT2D eigenvalue weighted by Gasteiger charge is 2.12. The Balaban J connectivity index is 2.15. The van der Waals surface area contributed by atoms with E-state index in [1.807, 2.05) is 12.4 Å². The number of rotatable bonds is 4. The van der Waals surface area contributed by atoms with Gasteiger partial charge in [-0.25, -0.2) is 0 Å². The third kappa shape index (κ3) is 2.16. The summed E-state index contributed by atoms with van der Waals surface area (Å²) in [4.78, 5) is 4.11. The van der Waals surface area contributed by atoms with Crippen LogP contribution in [0.4, 0.5) is 5.69 Å². The third-order valence-corrected chi connectivity index (χ3v) is 3.55. The van der Waals surface area contributed by atoms with Crippen molar-refractivity contribution in [3.8, 4) is 0 Å². The van der Waals surface area contributed by atoms with Gasteiger partial charge >= 0.3 is 0 Å². The Morgan fingerprint density at radius 3 is 2.60 bits per heavy atom. The smallest absolute Gasteiger partial charge is 0.0701 e. The molecular formula is C17H19N3. The second-order valence-electron chi connectivity index (χ2n) is 5.00. The van der Waals surface area contributed by atoms with E-state index < -0.39 is 0 Å². The largest absolute Gasteiger partial charge is 0.281 e. The lowest BCUT2D eigenvalue weighted by molar-refractivity contribution is 0.695. The van der Waals surface area contributed by atoms with E-state index in [0.29, 0.717) is 0 Å². The van der Waals surface area contributed by atoms with E-state index in [0.717, 1.165) is 13.0 Å². The maximum Gasteiger partial charge on any atom is 0.0701 e. The van der Waals surface area contributed by atoms with E-state index in [4.69, 9.17) is 0 Å². The van der Waals surface area contributed by atoms with Crippen molar-refractivity contribution in [1.82, 2.24) is 9.66 Å².